The summed E-state index contributed by atoms with van der Waals surface area (Å²) in [6.45, 7) is 0.431. The number of nitrogens with one attached hydrogen (secondary N) is 3. The summed E-state index contributed by atoms with van der Waals surface area (Å²) in [7, 11) is 0. The first-order valence-corrected chi connectivity index (χ1v) is 6.74. The average Bonchev–Trinajstić information content (AvgIpc) is 2.47. The van der Waals surface area contributed by atoms with E-state index in [9.17, 15) is 24.0 Å². The van der Waals surface area contributed by atoms with E-state index < -0.39 is 54.8 Å². The number of aliphatic carboxylic acids is 1. The molecule has 0 saturated carbocycles. The normalized spacial score (nSPS) is 12.6. The van der Waals surface area contributed by atoms with Crippen molar-refractivity contribution in [3.8, 4) is 0 Å². The molecule has 0 aliphatic carbocycles. The maximum atomic E-state index is 11.5. The van der Waals surface area contributed by atoms with Gasteiger partial charge < -0.3 is 32.5 Å². The van der Waals surface area contributed by atoms with Crippen LogP contribution in [0.4, 0.5) is 0 Å². The van der Waals surface area contributed by atoms with Gasteiger partial charge in [-0.15, -0.1) is 0 Å². The summed E-state index contributed by atoms with van der Waals surface area (Å²) in [6, 6.07) is -2.06. The third kappa shape index (κ3) is 9.79. The van der Waals surface area contributed by atoms with Gasteiger partial charge in [-0.2, -0.15) is 0 Å². The summed E-state index contributed by atoms with van der Waals surface area (Å²) < 4.78 is 0. The van der Waals surface area contributed by atoms with Crippen LogP contribution in [0.2, 0.25) is 0 Å². The van der Waals surface area contributed by atoms with Gasteiger partial charge in [-0.05, 0) is 13.3 Å². The second-order valence-corrected chi connectivity index (χ2v) is 4.73. The van der Waals surface area contributed by atoms with Crippen molar-refractivity contribution in [1.82, 2.24) is 16.0 Å². The number of carboxylic acid groups (broad SMARTS) is 1. The maximum absolute atomic E-state index is 11.5. The number of nitrogens with two attached hydrogens (primary N) is 2. The highest BCUT2D eigenvalue weighted by Crippen LogP contribution is 1.93. The van der Waals surface area contributed by atoms with Crippen molar-refractivity contribution >= 4 is 29.6 Å². The fourth-order valence-corrected chi connectivity index (χ4v) is 1.32. The standard InChI is InChI=1S/C12H21N5O6/c1-6(12(22)23)17-10(20)5-15-9(19)4-16-11(21)7(13)2-3-8(14)18/h6-7H,2-5,13H2,1H3,(H2,14,18)(H,15,19)(H,16,21)(H,17,20)(H,22,23). The Morgan fingerprint density at radius 2 is 1.61 bits per heavy atom. The molecule has 0 radical (unpaired) electrons. The summed E-state index contributed by atoms with van der Waals surface area (Å²) >= 11 is 0. The number of carboxylic acids is 1. The summed E-state index contributed by atoms with van der Waals surface area (Å²) in [6.07, 6.45) is 0.000977. The first kappa shape index (κ1) is 20.3. The molecule has 0 aromatic carbocycles. The lowest BCUT2D eigenvalue weighted by Crippen LogP contribution is -2.48. The van der Waals surface area contributed by atoms with Crippen molar-refractivity contribution in [2.75, 3.05) is 13.1 Å². The van der Waals surface area contributed by atoms with Gasteiger partial charge in [0, 0.05) is 6.42 Å². The van der Waals surface area contributed by atoms with E-state index in [0.717, 1.165) is 0 Å². The largest absolute Gasteiger partial charge is 0.480 e. The topological polar surface area (TPSA) is 194 Å². The van der Waals surface area contributed by atoms with E-state index >= 15 is 0 Å². The van der Waals surface area contributed by atoms with Crippen LogP contribution in [0.25, 0.3) is 0 Å². The summed E-state index contributed by atoms with van der Waals surface area (Å²) in [5, 5.41) is 15.2. The molecule has 11 nitrogen and oxygen atoms in total. The second-order valence-electron chi connectivity index (χ2n) is 4.73. The van der Waals surface area contributed by atoms with Crippen LogP contribution in [-0.4, -0.2) is 59.9 Å². The van der Waals surface area contributed by atoms with E-state index in [0.29, 0.717) is 0 Å². The number of hydrogen-bond acceptors (Lipinski definition) is 6. The Morgan fingerprint density at radius 3 is 2.13 bits per heavy atom. The molecular weight excluding hydrogens is 310 g/mol. The van der Waals surface area contributed by atoms with E-state index in [1.54, 1.807) is 0 Å². The highest BCUT2D eigenvalue weighted by Gasteiger charge is 2.16. The predicted molar refractivity (Wildman–Crippen MR) is 77.7 cm³/mol. The van der Waals surface area contributed by atoms with Crippen LogP contribution in [0.15, 0.2) is 0 Å². The van der Waals surface area contributed by atoms with Crippen molar-refractivity contribution in [1.29, 1.82) is 0 Å². The van der Waals surface area contributed by atoms with Crippen LogP contribution in [0.5, 0.6) is 0 Å². The fraction of sp³-hybridized carbons (Fsp3) is 0.583. The van der Waals surface area contributed by atoms with Gasteiger partial charge in [0.15, 0.2) is 0 Å². The van der Waals surface area contributed by atoms with Gasteiger partial charge in [0.25, 0.3) is 0 Å². The molecule has 0 bridgehead atoms. The van der Waals surface area contributed by atoms with Crippen molar-refractivity contribution in [3.05, 3.63) is 0 Å². The van der Waals surface area contributed by atoms with Crippen LogP contribution >= 0.6 is 0 Å². The molecule has 130 valence electrons. The number of primary amides is 1. The van der Waals surface area contributed by atoms with Crippen LogP contribution < -0.4 is 27.4 Å². The smallest absolute Gasteiger partial charge is 0.325 e. The average molecular weight is 331 g/mol. The molecule has 0 aliphatic rings. The van der Waals surface area contributed by atoms with Gasteiger partial charge in [-0.25, -0.2) is 0 Å². The minimum absolute atomic E-state index is 0.0529. The maximum Gasteiger partial charge on any atom is 0.325 e. The van der Waals surface area contributed by atoms with Gasteiger partial charge in [0.2, 0.25) is 23.6 Å². The van der Waals surface area contributed by atoms with Crippen LogP contribution in [0.1, 0.15) is 19.8 Å². The van der Waals surface area contributed by atoms with Crippen molar-refractivity contribution in [2.45, 2.75) is 31.8 Å². The molecule has 0 saturated heterocycles. The third-order valence-electron chi connectivity index (χ3n) is 2.66. The molecular formula is C12H21N5O6. The Labute approximate surface area is 132 Å². The molecule has 0 fully saturated rings. The lowest BCUT2D eigenvalue weighted by atomic mass is 10.1. The van der Waals surface area contributed by atoms with E-state index in [-0.39, 0.29) is 12.8 Å². The Morgan fingerprint density at radius 1 is 1.04 bits per heavy atom. The summed E-state index contributed by atoms with van der Waals surface area (Å²) in [5.74, 6) is -3.77. The first-order chi connectivity index (χ1) is 10.6. The van der Waals surface area contributed by atoms with Gasteiger partial charge in [0.05, 0.1) is 19.1 Å². The minimum atomic E-state index is -1.21. The van der Waals surface area contributed by atoms with E-state index in [1.807, 2.05) is 0 Å². The first-order valence-electron chi connectivity index (χ1n) is 6.74. The Bertz CT molecular complexity index is 481. The van der Waals surface area contributed by atoms with Gasteiger partial charge in [-0.3, -0.25) is 24.0 Å². The van der Waals surface area contributed by atoms with E-state index in [4.69, 9.17) is 16.6 Å². The zero-order valence-corrected chi connectivity index (χ0v) is 12.6. The molecule has 2 atom stereocenters. The van der Waals surface area contributed by atoms with Crippen LogP contribution in [-0.2, 0) is 24.0 Å². The molecule has 0 aliphatic heterocycles. The van der Waals surface area contributed by atoms with Gasteiger partial charge in [-0.1, -0.05) is 0 Å². The third-order valence-corrected chi connectivity index (χ3v) is 2.66. The Kier molecular flexibility index (Phi) is 8.92. The molecule has 11 heteroatoms. The lowest BCUT2D eigenvalue weighted by Gasteiger charge is -2.12. The number of carbonyl (C=O) groups is 5. The molecule has 0 spiro atoms. The zero-order valence-electron chi connectivity index (χ0n) is 12.6. The van der Waals surface area contributed by atoms with E-state index in [1.165, 1.54) is 6.92 Å². The molecule has 0 aromatic rings. The Hall–Kier alpha value is -2.69. The predicted octanol–water partition coefficient (Wildman–Crippen LogP) is -3.60. The monoisotopic (exact) mass is 331 g/mol. The zero-order chi connectivity index (χ0) is 18.0. The molecule has 4 amide bonds. The van der Waals surface area contributed by atoms with Crippen LogP contribution in [0.3, 0.4) is 0 Å². The van der Waals surface area contributed by atoms with Crippen LogP contribution in [0, 0.1) is 0 Å². The second kappa shape index (κ2) is 10.1. The van der Waals surface area contributed by atoms with Crippen molar-refractivity contribution in [3.63, 3.8) is 0 Å². The quantitative estimate of drug-likeness (QED) is 0.238. The van der Waals surface area contributed by atoms with Crippen molar-refractivity contribution < 1.29 is 29.1 Å². The molecule has 0 heterocycles. The summed E-state index contributed by atoms with van der Waals surface area (Å²) in [4.78, 5) is 55.3. The van der Waals surface area contributed by atoms with E-state index in [2.05, 4.69) is 16.0 Å². The van der Waals surface area contributed by atoms with Gasteiger partial charge in [0.1, 0.15) is 6.04 Å². The summed E-state index contributed by atoms with van der Waals surface area (Å²) in [5.41, 5.74) is 10.4. The Balaban J connectivity index is 3.98. The van der Waals surface area contributed by atoms with Gasteiger partial charge >= 0.3 is 5.97 Å². The molecule has 8 N–H and O–H groups in total. The number of rotatable bonds is 10. The number of carbonyl (C=O) groups excluding carboxylic acids is 4. The highest BCUT2D eigenvalue weighted by atomic mass is 16.4. The SMILES string of the molecule is CC(NC(=O)CNC(=O)CNC(=O)C(N)CCC(N)=O)C(=O)O. The lowest BCUT2D eigenvalue weighted by molar-refractivity contribution is -0.141. The fourth-order valence-electron chi connectivity index (χ4n) is 1.32. The molecule has 0 rings (SSSR count). The molecule has 2 unspecified atom stereocenters. The highest BCUT2D eigenvalue weighted by molar-refractivity contribution is 5.90. The minimum Gasteiger partial charge on any atom is -0.480 e. The molecule has 23 heavy (non-hydrogen) atoms. The molecule has 0 aromatic heterocycles. The number of amides is 4. The van der Waals surface area contributed by atoms with Crippen molar-refractivity contribution in [2.24, 2.45) is 11.5 Å². The number of hydrogen-bond donors (Lipinski definition) is 6.